The molecule has 0 aromatic heterocycles. The molecule has 1 spiro atoms. The minimum atomic E-state index is -0.795. The minimum absolute atomic E-state index is 0.0316. The van der Waals surface area contributed by atoms with E-state index < -0.39 is 11.5 Å². The van der Waals surface area contributed by atoms with Gasteiger partial charge in [-0.2, -0.15) is 5.06 Å². The summed E-state index contributed by atoms with van der Waals surface area (Å²) in [5.74, 6) is -0.983. The quantitative estimate of drug-likeness (QED) is 0.769. The Balaban J connectivity index is 1.99. The topological polar surface area (TPSA) is 49.9 Å². The molecule has 0 bridgehead atoms. The lowest BCUT2D eigenvalue weighted by Crippen LogP contribution is -2.54. The molecule has 5 nitrogen and oxygen atoms in total. The van der Waals surface area contributed by atoms with Gasteiger partial charge in [-0.3, -0.25) is 9.59 Å². The van der Waals surface area contributed by atoms with E-state index in [0.717, 1.165) is 11.1 Å². The molecule has 1 aromatic carbocycles. The number of benzene rings is 1. The summed E-state index contributed by atoms with van der Waals surface area (Å²) in [4.78, 5) is 33.0. The second-order valence-electron chi connectivity index (χ2n) is 6.80. The maximum Gasteiger partial charge on any atom is 0.238 e. The lowest BCUT2D eigenvalue weighted by Gasteiger charge is -2.41. The van der Waals surface area contributed by atoms with Crippen molar-refractivity contribution < 1.29 is 14.4 Å². The largest absolute Gasteiger partial charge is 0.332 e. The van der Waals surface area contributed by atoms with Crippen LogP contribution in [0, 0.1) is 13.8 Å². The molecule has 1 unspecified atom stereocenters. The number of carbonyl (C=O) groups excluding carboxylic acids is 2. The number of rotatable bonds is 2. The second-order valence-corrected chi connectivity index (χ2v) is 7.20. The first-order valence-corrected chi connectivity index (χ1v) is 8.57. The molecule has 2 aliphatic rings. The van der Waals surface area contributed by atoms with Gasteiger partial charge in [-0.1, -0.05) is 17.7 Å². The summed E-state index contributed by atoms with van der Waals surface area (Å²) in [5.41, 5.74) is 1.98. The molecule has 24 heavy (non-hydrogen) atoms. The molecule has 3 rings (SSSR count). The zero-order valence-corrected chi connectivity index (χ0v) is 15.3. The third-order valence-corrected chi connectivity index (χ3v) is 6.00. The van der Waals surface area contributed by atoms with E-state index in [4.69, 9.17) is 16.4 Å². The third-order valence-electron chi connectivity index (χ3n) is 5.67. The van der Waals surface area contributed by atoms with E-state index in [2.05, 4.69) is 0 Å². The number of likely N-dealkylation sites (N-methyl/N-ethyl adjacent to an activating group) is 1. The molecule has 1 atom stereocenters. The molecule has 0 N–H and O–H groups in total. The predicted octanol–water partition coefficient (Wildman–Crippen LogP) is 2.48. The van der Waals surface area contributed by atoms with Gasteiger partial charge in [0.15, 0.2) is 5.78 Å². The Morgan fingerprint density at radius 3 is 2.33 bits per heavy atom. The van der Waals surface area contributed by atoms with Gasteiger partial charge in [0.2, 0.25) is 5.91 Å². The summed E-state index contributed by atoms with van der Waals surface area (Å²) in [6, 6.07) is 3.72. The summed E-state index contributed by atoms with van der Waals surface area (Å²) < 4.78 is 0. The first-order valence-electron chi connectivity index (χ1n) is 8.19. The van der Waals surface area contributed by atoms with Crippen LogP contribution >= 0.6 is 11.6 Å². The number of hydroxylamine groups is 2. The highest BCUT2D eigenvalue weighted by atomic mass is 35.5. The fourth-order valence-electron chi connectivity index (χ4n) is 3.87. The van der Waals surface area contributed by atoms with Crippen molar-refractivity contribution in [2.75, 3.05) is 27.2 Å². The standard InChI is InChI=1S/C18H23ClN2O3/c1-11-9-13(14(19)10-12(11)2)15-16(22)18(20(3)17(15)23)5-7-21(24-4)8-6-18/h9-10,15H,5-8H2,1-4H3. The monoisotopic (exact) mass is 350 g/mol. The molecule has 1 aromatic rings. The molecule has 0 saturated carbocycles. The van der Waals surface area contributed by atoms with Crippen LogP contribution in [0.5, 0.6) is 0 Å². The number of likely N-dealkylation sites (tertiary alicyclic amines) is 1. The van der Waals surface area contributed by atoms with Crippen molar-refractivity contribution >= 4 is 23.3 Å². The van der Waals surface area contributed by atoms with Crippen LogP contribution in [0.4, 0.5) is 0 Å². The van der Waals surface area contributed by atoms with Crippen molar-refractivity contribution in [2.45, 2.75) is 38.1 Å². The summed E-state index contributed by atoms with van der Waals surface area (Å²) >= 11 is 6.38. The van der Waals surface area contributed by atoms with E-state index in [0.29, 0.717) is 36.5 Å². The van der Waals surface area contributed by atoms with Crippen LogP contribution in [-0.4, -0.2) is 54.4 Å². The number of halogens is 1. The average Bonchev–Trinajstić information content (AvgIpc) is 2.74. The van der Waals surface area contributed by atoms with Crippen LogP contribution in [-0.2, 0) is 14.4 Å². The van der Waals surface area contributed by atoms with Crippen LogP contribution in [0.25, 0.3) is 0 Å². The molecule has 6 heteroatoms. The Bertz CT molecular complexity index is 696. The van der Waals surface area contributed by atoms with E-state index in [-0.39, 0.29) is 11.7 Å². The second kappa shape index (κ2) is 6.14. The molecular formula is C18H23ClN2O3. The van der Waals surface area contributed by atoms with Crippen molar-refractivity contribution in [2.24, 2.45) is 0 Å². The SMILES string of the molecule is CON1CCC2(CC1)C(=O)C(c1cc(C)c(C)cc1Cl)C(=O)N2C. The van der Waals surface area contributed by atoms with E-state index in [1.54, 1.807) is 19.1 Å². The molecule has 130 valence electrons. The predicted molar refractivity (Wildman–Crippen MR) is 92.0 cm³/mol. The highest BCUT2D eigenvalue weighted by Crippen LogP contribution is 2.44. The molecule has 0 aliphatic carbocycles. The van der Waals surface area contributed by atoms with Crippen LogP contribution in [0.1, 0.15) is 35.4 Å². The Kier molecular flexibility index (Phi) is 4.45. The summed E-state index contributed by atoms with van der Waals surface area (Å²) in [6.45, 7) is 5.20. The maximum absolute atomic E-state index is 13.3. The van der Waals surface area contributed by atoms with Gasteiger partial charge < -0.3 is 9.74 Å². The van der Waals surface area contributed by atoms with Crippen LogP contribution in [0.15, 0.2) is 12.1 Å². The number of hydrogen-bond acceptors (Lipinski definition) is 4. The highest BCUT2D eigenvalue weighted by molar-refractivity contribution is 6.33. The molecule has 2 aliphatic heterocycles. The Morgan fingerprint density at radius 2 is 1.75 bits per heavy atom. The highest BCUT2D eigenvalue weighted by Gasteiger charge is 2.58. The summed E-state index contributed by atoms with van der Waals surface area (Å²) in [5, 5.41) is 2.32. The zero-order valence-electron chi connectivity index (χ0n) is 14.6. The maximum atomic E-state index is 13.3. The van der Waals surface area contributed by atoms with Crippen molar-refractivity contribution in [3.05, 3.63) is 33.8 Å². The number of carbonyl (C=O) groups is 2. The van der Waals surface area contributed by atoms with Crippen LogP contribution in [0.2, 0.25) is 5.02 Å². The van der Waals surface area contributed by atoms with Gasteiger partial charge in [-0.15, -0.1) is 0 Å². The Labute approximate surface area is 147 Å². The van der Waals surface area contributed by atoms with Gasteiger partial charge in [0.25, 0.3) is 0 Å². The third kappa shape index (κ3) is 2.46. The minimum Gasteiger partial charge on any atom is -0.332 e. The van der Waals surface area contributed by atoms with Gasteiger partial charge in [-0.05, 0) is 49.4 Å². The van der Waals surface area contributed by atoms with Crippen molar-refractivity contribution in [1.82, 2.24) is 9.96 Å². The normalized spacial score (nSPS) is 24.2. The van der Waals surface area contributed by atoms with Gasteiger partial charge in [0.05, 0.1) is 7.11 Å². The average molecular weight is 351 g/mol. The van der Waals surface area contributed by atoms with Gasteiger partial charge in [0, 0.05) is 25.2 Å². The first-order chi connectivity index (χ1) is 11.3. The number of nitrogens with zero attached hydrogens (tertiary/aromatic N) is 2. The van der Waals surface area contributed by atoms with Crippen LogP contribution < -0.4 is 0 Å². The van der Waals surface area contributed by atoms with Gasteiger partial charge >= 0.3 is 0 Å². The molecule has 2 fully saturated rings. The molecule has 2 saturated heterocycles. The van der Waals surface area contributed by atoms with Crippen molar-refractivity contribution in [3.8, 4) is 0 Å². The lowest BCUT2D eigenvalue weighted by molar-refractivity contribution is -0.165. The molecule has 0 radical (unpaired) electrons. The number of hydrogen-bond donors (Lipinski definition) is 0. The van der Waals surface area contributed by atoms with Crippen molar-refractivity contribution in [1.29, 1.82) is 0 Å². The first kappa shape index (κ1) is 17.4. The van der Waals surface area contributed by atoms with E-state index in [1.165, 1.54) is 0 Å². The number of ketones is 1. The zero-order chi connectivity index (χ0) is 17.6. The van der Waals surface area contributed by atoms with Gasteiger partial charge in [-0.25, -0.2) is 0 Å². The number of piperidine rings is 1. The fourth-order valence-corrected chi connectivity index (χ4v) is 4.20. The number of aryl methyl sites for hydroxylation is 2. The lowest BCUT2D eigenvalue weighted by atomic mass is 9.80. The van der Waals surface area contributed by atoms with Gasteiger partial charge in [0.1, 0.15) is 11.5 Å². The molecule has 2 heterocycles. The van der Waals surface area contributed by atoms with Crippen molar-refractivity contribution in [3.63, 3.8) is 0 Å². The van der Waals surface area contributed by atoms with E-state index >= 15 is 0 Å². The van der Waals surface area contributed by atoms with Crippen LogP contribution in [0.3, 0.4) is 0 Å². The number of amides is 1. The Morgan fingerprint density at radius 1 is 1.17 bits per heavy atom. The molecule has 1 amide bonds. The summed E-state index contributed by atoms with van der Waals surface area (Å²) in [7, 11) is 3.36. The molecular weight excluding hydrogens is 328 g/mol. The van der Waals surface area contributed by atoms with E-state index in [9.17, 15) is 9.59 Å². The fraction of sp³-hybridized carbons (Fsp3) is 0.556. The smallest absolute Gasteiger partial charge is 0.238 e. The number of Topliss-reactive ketones (excluding diaryl/α,β-unsaturated/α-hetero) is 1. The Hall–Kier alpha value is -1.43. The van der Waals surface area contributed by atoms with E-state index in [1.807, 2.05) is 31.0 Å². The summed E-state index contributed by atoms with van der Waals surface area (Å²) in [6.07, 6.45) is 1.17.